The van der Waals surface area contributed by atoms with Crippen LogP contribution in [0.15, 0.2) is 53.5 Å². The SMILES string of the molecule is CC1=Nc2ccccc2[C@@]12CC(=O)N1CCc3ccccc3[C@@H]12. The summed E-state index contributed by atoms with van der Waals surface area (Å²) in [6.45, 7) is 2.91. The number of hydrogen-bond acceptors (Lipinski definition) is 2. The predicted octanol–water partition coefficient (Wildman–Crippen LogP) is 3.56. The fourth-order valence-electron chi connectivity index (χ4n) is 4.80. The Kier molecular flexibility index (Phi) is 2.45. The van der Waals surface area contributed by atoms with Gasteiger partial charge in [0.2, 0.25) is 5.91 Å². The molecule has 1 saturated heterocycles. The van der Waals surface area contributed by atoms with E-state index in [1.54, 1.807) is 0 Å². The first-order valence-corrected chi connectivity index (χ1v) is 8.24. The van der Waals surface area contributed by atoms with E-state index in [1.165, 1.54) is 16.7 Å². The van der Waals surface area contributed by atoms with Crippen molar-refractivity contribution in [1.29, 1.82) is 0 Å². The molecule has 0 N–H and O–H groups in total. The van der Waals surface area contributed by atoms with Crippen LogP contribution in [0.25, 0.3) is 0 Å². The molecule has 3 heteroatoms. The van der Waals surface area contributed by atoms with Crippen LogP contribution >= 0.6 is 0 Å². The van der Waals surface area contributed by atoms with Crippen molar-refractivity contribution >= 4 is 17.3 Å². The van der Waals surface area contributed by atoms with Gasteiger partial charge in [-0.3, -0.25) is 9.79 Å². The molecule has 114 valence electrons. The summed E-state index contributed by atoms with van der Waals surface area (Å²) in [5, 5.41) is 0. The van der Waals surface area contributed by atoms with Crippen molar-refractivity contribution in [1.82, 2.24) is 4.90 Å². The maximum atomic E-state index is 12.8. The summed E-state index contributed by atoms with van der Waals surface area (Å²) in [6, 6.07) is 17.0. The highest BCUT2D eigenvalue weighted by atomic mass is 16.2. The van der Waals surface area contributed by atoms with E-state index >= 15 is 0 Å². The van der Waals surface area contributed by atoms with Crippen LogP contribution in [0, 0.1) is 0 Å². The topological polar surface area (TPSA) is 32.7 Å². The Labute approximate surface area is 135 Å². The summed E-state index contributed by atoms with van der Waals surface area (Å²) in [4.78, 5) is 19.7. The number of nitrogens with zero attached hydrogens (tertiary/aromatic N) is 2. The van der Waals surface area contributed by atoms with Crippen LogP contribution in [0.2, 0.25) is 0 Å². The van der Waals surface area contributed by atoms with Gasteiger partial charge in [-0.05, 0) is 36.1 Å². The maximum Gasteiger partial charge on any atom is 0.224 e. The summed E-state index contributed by atoms with van der Waals surface area (Å²) in [7, 11) is 0. The molecule has 0 radical (unpaired) electrons. The molecule has 1 amide bonds. The number of carbonyl (C=O) groups excluding carboxylic acids is 1. The third-order valence-corrected chi connectivity index (χ3v) is 5.82. The lowest BCUT2D eigenvalue weighted by Gasteiger charge is -2.40. The van der Waals surface area contributed by atoms with Crippen LogP contribution in [-0.2, 0) is 16.6 Å². The van der Waals surface area contributed by atoms with E-state index < -0.39 is 0 Å². The van der Waals surface area contributed by atoms with Crippen molar-refractivity contribution in [3.05, 3.63) is 65.2 Å². The van der Waals surface area contributed by atoms with E-state index in [2.05, 4.69) is 54.3 Å². The average molecular weight is 302 g/mol. The number of amides is 1. The predicted molar refractivity (Wildman–Crippen MR) is 90.1 cm³/mol. The van der Waals surface area contributed by atoms with Crippen molar-refractivity contribution in [2.45, 2.75) is 31.2 Å². The summed E-state index contributed by atoms with van der Waals surface area (Å²) in [5.41, 5.74) is 5.72. The Hall–Kier alpha value is -2.42. The van der Waals surface area contributed by atoms with Crippen LogP contribution in [0.5, 0.6) is 0 Å². The van der Waals surface area contributed by atoms with Gasteiger partial charge in [-0.1, -0.05) is 42.5 Å². The fraction of sp³-hybridized carbons (Fsp3) is 0.300. The molecule has 2 atom stereocenters. The summed E-state index contributed by atoms with van der Waals surface area (Å²) < 4.78 is 0. The minimum Gasteiger partial charge on any atom is -0.334 e. The number of hydrogen-bond donors (Lipinski definition) is 0. The molecule has 2 aromatic carbocycles. The van der Waals surface area contributed by atoms with Crippen LogP contribution in [-0.4, -0.2) is 23.1 Å². The third kappa shape index (κ3) is 1.50. The Morgan fingerprint density at radius 2 is 1.91 bits per heavy atom. The Bertz CT molecular complexity index is 869. The highest BCUT2D eigenvalue weighted by molar-refractivity contribution is 6.06. The van der Waals surface area contributed by atoms with E-state index in [4.69, 9.17) is 4.99 Å². The van der Waals surface area contributed by atoms with Gasteiger partial charge in [-0.25, -0.2) is 0 Å². The van der Waals surface area contributed by atoms with Gasteiger partial charge < -0.3 is 4.90 Å². The Morgan fingerprint density at radius 1 is 1.13 bits per heavy atom. The number of rotatable bonds is 0. The van der Waals surface area contributed by atoms with Crippen molar-refractivity contribution in [2.75, 3.05) is 6.54 Å². The van der Waals surface area contributed by atoms with Crippen molar-refractivity contribution in [3.8, 4) is 0 Å². The number of para-hydroxylation sites is 1. The zero-order chi connectivity index (χ0) is 15.6. The molecule has 0 unspecified atom stereocenters. The Balaban J connectivity index is 1.80. The number of aliphatic imine (C=N–C) groups is 1. The first-order valence-electron chi connectivity index (χ1n) is 8.24. The molecule has 3 aliphatic heterocycles. The summed E-state index contributed by atoms with van der Waals surface area (Å²) in [6.07, 6.45) is 1.49. The van der Waals surface area contributed by atoms with E-state index in [0.29, 0.717) is 6.42 Å². The first-order chi connectivity index (χ1) is 11.2. The molecular weight excluding hydrogens is 284 g/mol. The highest BCUT2D eigenvalue weighted by Crippen LogP contribution is 2.57. The van der Waals surface area contributed by atoms with Crippen LogP contribution in [0.4, 0.5) is 5.69 Å². The van der Waals surface area contributed by atoms with Gasteiger partial charge in [0.15, 0.2) is 0 Å². The average Bonchev–Trinajstić information content (AvgIpc) is 3.04. The summed E-state index contributed by atoms with van der Waals surface area (Å²) >= 11 is 0. The normalized spacial score (nSPS) is 27.7. The largest absolute Gasteiger partial charge is 0.334 e. The van der Waals surface area contributed by atoms with Gasteiger partial charge in [0, 0.05) is 18.7 Å². The number of carbonyl (C=O) groups is 1. The van der Waals surface area contributed by atoms with Crippen molar-refractivity contribution < 1.29 is 4.79 Å². The molecule has 23 heavy (non-hydrogen) atoms. The molecule has 5 rings (SSSR count). The van der Waals surface area contributed by atoms with E-state index in [1.807, 2.05) is 6.07 Å². The van der Waals surface area contributed by atoms with Crippen LogP contribution in [0.1, 0.15) is 36.1 Å². The molecule has 1 fully saturated rings. The number of fused-ring (bicyclic) bond motifs is 6. The monoisotopic (exact) mass is 302 g/mol. The zero-order valence-corrected chi connectivity index (χ0v) is 13.1. The maximum absolute atomic E-state index is 12.8. The lowest BCUT2D eigenvalue weighted by atomic mass is 9.68. The van der Waals surface area contributed by atoms with Gasteiger partial charge in [-0.15, -0.1) is 0 Å². The van der Waals surface area contributed by atoms with Gasteiger partial charge in [0.05, 0.1) is 17.1 Å². The standard InChI is InChI=1S/C20H18N2O/c1-13-20(16-8-4-5-9-17(16)21-13)12-18(23)22-11-10-14-6-2-3-7-15(14)19(20)22/h2-9,19H,10-12H2,1H3/t19-,20-/m1/s1. The van der Waals surface area contributed by atoms with Gasteiger partial charge in [0.25, 0.3) is 0 Å². The van der Waals surface area contributed by atoms with Crippen LogP contribution < -0.4 is 0 Å². The second-order valence-electron chi connectivity index (χ2n) is 6.80. The summed E-state index contributed by atoms with van der Waals surface area (Å²) in [5.74, 6) is 0.260. The molecule has 0 aliphatic carbocycles. The van der Waals surface area contributed by atoms with Gasteiger partial charge in [-0.2, -0.15) is 0 Å². The second-order valence-corrected chi connectivity index (χ2v) is 6.80. The molecule has 0 bridgehead atoms. The molecule has 3 heterocycles. The highest BCUT2D eigenvalue weighted by Gasteiger charge is 2.58. The van der Waals surface area contributed by atoms with Gasteiger partial charge in [0.1, 0.15) is 0 Å². The molecular formula is C20H18N2O. The van der Waals surface area contributed by atoms with E-state index in [9.17, 15) is 4.79 Å². The molecule has 3 nitrogen and oxygen atoms in total. The lowest BCUT2D eigenvalue weighted by molar-refractivity contribution is -0.129. The second kappa shape index (κ2) is 4.31. The van der Waals surface area contributed by atoms with E-state index in [-0.39, 0.29) is 17.4 Å². The molecule has 3 aliphatic rings. The zero-order valence-electron chi connectivity index (χ0n) is 13.1. The Morgan fingerprint density at radius 3 is 2.83 bits per heavy atom. The minimum absolute atomic E-state index is 0.0901. The quantitative estimate of drug-likeness (QED) is 0.732. The molecule has 0 saturated carbocycles. The van der Waals surface area contributed by atoms with Crippen molar-refractivity contribution in [3.63, 3.8) is 0 Å². The molecule has 1 spiro atoms. The third-order valence-electron chi connectivity index (χ3n) is 5.82. The van der Waals surface area contributed by atoms with Crippen molar-refractivity contribution in [2.24, 2.45) is 4.99 Å². The minimum atomic E-state index is -0.287. The smallest absolute Gasteiger partial charge is 0.224 e. The molecule has 0 aromatic heterocycles. The first kappa shape index (κ1) is 13.1. The van der Waals surface area contributed by atoms with Gasteiger partial charge >= 0.3 is 0 Å². The molecule has 2 aromatic rings. The van der Waals surface area contributed by atoms with E-state index in [0.717, 1.165) is 24.4 Å². The lowest BCUT2D eigenvalue weighted by Crippen LogP contribution is -2.42. The van der Waals surface area contributed by atoms with Crippen LogP contribution in [0.3, 0.4) is 0 Å². The number of benzene rings is 2. The fourth-order valence-corrected chi connectivity index (χ4v) is 4.80.